The summed E-state index contributed by atoms with van der Waals surface area (Å²) in [4.78, 5) is 28.9. The topological polar surface area (TPSA) is 88.5 Å². The summed E-state index contributed by atoms with van der Waals surface area (Å²) in [6.45, 7) is 1.27. The van der Waals surface area contributed by atoms with Gasteiger partial charge >= 0.3 is 11.8 Å². The summed E-state index contributed by atoms with van der Waals surface area (Å²) >= 11 is 5.92. The number of halogens is 1. The van der Waals surface area contributed by atoms with Crippen molar-refractivity contribution in [2.24, 2.45) is 0 Å². The number of rotatable bonds is 5. The molecule has 7 nitrogen and oxygen atoms in total. The Morgan fingerprint density at radius 3 is 2.70 bits per heavy atom. The van der Waals surface area contributed by atoms with Gasteiger partial charge in [0.2, 0.25) is 0 Å². The maximum Gasteiger partial charge on any atom is 0.313 e. The molecule has 1 atom stereocenters. The van der Waals surface area contributed by atoms with Crippen LogP contribution in [0.2, 0.25) is 5.02 Å². The number of carbonyl (C=O) groups excluding carboxylic acids is 2. The van der Waals surface area contributed by atoms with E-state index in [1.807, 2.05) is 25.1 Å². The van der Waals surface area contributed by atoms with Gasteiger partial charge in [0, 0.05) is 30.8 Å². The molecular weight excluding hydrogens is 402 g/mol. The number of hydrogen-bond acceptors (Lipinski definition) is 5. The molecule has 2 aromatic carbocycles. The first-order chi connectivity index (χ1) is 14.3. The van der Waals surface area contributed by atoms with Crippen LogP contribution in [0.5, 0.6) is 0 Å². The minimum absolute atomic E-state index is 0.0844. The zero-order chi connectivity index (χ0) is 21.8. The second-order valence-electron chi connectivity index (χ2n) is 7.50. The van der Waals surface area contributed by atoms with Gasteiger partial charge in [-0.3, -0.25) is 9.59 Å². The number of benzene rings is 2. The van der Waals surface area contributed by atoms with Crippen LogP contribution in [0.4, 0.5) is 11.4 Å². The van der Waals surface area contributed by atoms with E-state index < -0.39 is 11.8 Å². The van der Waals surface area contributed by atoms with E-state index in [1.165, 1.54) is 23.4 Å². The zero-order valence-corrected chi connectivity index (χ0v) is 18.0. The Morgan fingerprint density at radius 2 is 2.00 bits per heavy atom. The van der Waals surface area contributed by atoms with Crippen LogP contribution in [0.15, 0.2) is 36.4 Å². The molecule has 1 heterocycles. The molecule has 0 aromatic heterocycles. The minimum Gasteiger partial charge on any atom is -0.374 e. The van der Waals surface area contributed by atoms with Crippen LogP contribution in [0.25, 0.3) is 0 Å². The van der Waals surface area contributed by atoms with E-state index in [-0.39, 0.29) is 23.8 Å². The number of nitrogens with zero attached hydrogens (tertiary/aromatic N) is 3. The van der Waals surface area contributed by atoms with Crippen molar-refractivity contribution in [2.45, 2.75) is 12.5 Å². The molecule has 0 saturated heterocycles. The predicted octanol–water partition coefficient (Wildman–Crippen LogP) is 2.56. The smallest absolute Gasteiger partial charge is 0.313 e. The van der Waals surface area contributed by atoms with Gasteiger partial charge in [0.25, 0.3) is 0 Å². The maximum absolute atomic E-state index is 12.4. The average molecular weight is 426 g/mol. The van der Waals surface area contributed by atoms with Gasteiger partial charge in [0.05, 0.1) is 17.3 Å². The van der Waals surface area contributed by atoms with E-state index in [2.05, 4.69) is 40.8 Å². The third-order valence-electron chi connectivity index (χ3n) is 5.25. The van der Waals surface area contributed by atoms with Crippen molar-refractivity contribution in [2.75, 3.05) is 44.4 Å². The van der Waals surface area contributed by atoms with Crippen molar-refractivity contribution in [3.63, 3.8) is 0 Å². The van der Waals surface area contributed by atoms with E-state index in [4.69, 9.17) is 16.9 Å². The molecule has 3 rings (SSSR count). The number of nitriles is 1. The van der Waals surface area contributed by atoms with Crippen LogP contribution >= 0.6 is 11.6 Å². The van der Waals surface area contributed by atoms with E-state index >= 15 is 0 Å². The van der Waals surface area contributed by atoms with Crippen LogP contribution < -0.4 is 15.5 Å². The normalized spacial score (nSPS) is 13.5. The summed E-state index contributed by atoms with van der Waals surface area (Å²) in [7, 11) is 5.94. The number of nitrogens with one attached hydrogen (secondary N) is 2. The highest BCUT2D eigenvalue weighted by atomic mass is 35.5. The summed E-state index contributed by atoms with van der Waals surface area (Å²) in [5, 5.41) is 14.7. The SMILES string of the molecule is CN1CCc2cc([C@H](CNC(=O)C(=O)Nc3cc(Cl)ccc3C#N)N(C)C)ccc21. The molecule has 2 N–H and O–H groups in total. The van der Waals surface area contributed by atoms with E-state index in [1.54, 1.807) is 6.07 Å². The third kappa shape index (κ3) is 4.73. The van der Waals surface area contributed by atoms with Gasteiger partial charge in [-0.15, -0.1) is 0 Å². The molecule has 0 radical (unpaired) electrons. The first-order valence-corrected chi connectivity index (χ1v) is 9.97. The monoisotopic (exact) mass is 425 g/mol. The Morgan fingerprint density at radius 1 is 1.23 bits per heavy atom. The minimum atomic E-state index is -0.846. The predicted molar refractivity (Wildman–Crippen MR) is 118 cm³/mol. The first-order valence-electron chi connectivity index (χ1n) is 9.59. The van der Waals surface area contributed by atoms with Gasteiger partial charge < -0.3 is 20.4 Å². The van der Waals surface area contributed by atoms with E-state index in [0.29, 0.717) is 5.02 Å². The van der Waals surface area contributed by atoms with Gasteiger partial charge in [-0.05, 0) is 55.9 Å². The number of likely N-dealkylation sites (N-methyl/N-ethyl adjacent to an activating group) is 2. The summed E-state index contributed by atoms with van der Waals surface area (Å²) in [6, 6.07) is 12.7. The lowest BCUT2D eigenvalue weighted by atomic mass is 10.0. The molecule has 0 saturated carbocycles. The fourth-order valence-electron chi connectivity index (χ4n) is 3.56. The van der Waals surface area contributed by atoms with Crippen LogP contribution in [-0.2, 0) is 16.0 Å². The van der Waals surface area contributed by atoms with Crippen LogP contribution in [0, 0.1) is 11.3 Å². The third-order valence-corrected chi connectivity index (χ3v) is 5.49. The van der Waals surface area contributed by atoms with Crippen molar-refractivity contribution < 1.29 is 9.59 Å². The highest BCUT2D eigenvalue weighted by Crippen LogP contribution is 2.30. The van der Waals surface area contributed by atoms with Gasteiger partial charge in [-0.25, -0.2) is 0 Å². The lowest BCUT2D eigenvalue weighted by molar-refractivity contribution is -0.136. The molecule has 156 valence electrons. The molecule has 8 heteroatoms. The van der Waals surface area contributed by atoms with Crippen LogP contribution in [0.3, 0.4) is 0 Å². The van der Waals surface area contributed by atoms with Crippen molar-refractivity contribution in [1.29, 1.82) is 5.26 Å². The van der Waals surface area contributed by atoms with Gasteiger partial charge in [-0.2, -0.15) is 5.26 Å². The quantitative estimate of drug-likeness (QED) is 0.719. The Hall–Kier alpha value is -3.08. The molecular formula is C22H24ClN5O2. The molecule has 2 aromatic rings. The average Bonchev–Trinajstić information content (AvgIpc) is 3.08. The molecule has 0 unspecified atom stereocenters. The fourth-order valence-corrected chi connectivity index (χ4v) is 3.73. The summed E-state index contributed by atoms with van der Waals surface area (Å²) < 4.78 is 0. The zero-order valence-electron chi connectivity index (χ0n) is 17.2. The summed E-state index contributed by atoms with van der Waals surface area (Å²) in [5.74, 6) is -1.62. The van der Waals surface area contributed by atoms with E-state index in [0.717, 1.165) is 18.5 Å². The van der Waals surface area contributed by atoms with Crippen LogP contribution in [0.1, 0.15) is 22.7 Å². The van der Waals surface area contributed by atoms with Crippen LogP contribution in [-0.4, -0.2) is 50.9 Å². The summed E-state index contributed by atoms with van der Waals surface area (Å²) in [5.41, 5.74) is 4.04. The molecule has 1 aliphatic heterocycles. The largest absolute Gasteiger partial charge is 0.374 e. The van der Waals surface area contributed by atoms with Gasteiger partial charge in [0.1, 0.15) is 6.07 Å². The summed E-state index contributed by atoms with van der Waals surface area (Å²) in [6.07, 6.45) is 0.995. The number of anilines is 2. The standard InChI is InChI=1S/C22H24ClN5O2/c1-27(2)20(14-5-7-19-15(10-14)8-9-28(19)3)13-25-21(29)22(30)26-18-11-17(23)6-4-16(18)12-24/h4-7,10-11,20H,8-9,13H2,1-3H3,(H,25,29)(H,26,30)/t20-/m0/s1. The second kappa shape index (κ2) is 9.16. The van der Waals surface area contributed by atoms with Gasteiger partial charge in [-0.1, -0.05) is 23.7 Å². The Kier molecular flexibility index (Phi) is 6.60. The van der Waals surface area contributed by atoms with Gasteiger partial charge in [0.15, 0.2) is 0 Å². The molecule has 1 aliphatic rings. The molecule has 0 bridgehead atoms. The Bertz CT molecular complexity index is 1020. The Labute approximate surface area is 181 Å². The van der Waals surface area contributed by atoms with Crippen molar-refractivity contribution >= 4 is 34.8 Å². The molecule has 0 fully saturated rings. The maximum atomic E-state index is 12.4. The number of fused-ring (bicyclic) bond motifs is 1. The number of hydrogen-bond donors (Lipinski definition) is 2. The molecule has 0 spiro atoms. The van der Waals surface area contributed by atoms with E-state index in [9.17, 15) is 9.59 Å². The lowest BCUT2D eigenvalue weighted by Crippen LogP contribution is -2.40. The molecule has 0 aliphatic carbocycles. The molecule has 30 heavy (non-hydrogen) atoms. The Balaban J connectivity index is 1.67. The van der Waals surface area contributed by atoms with Crippen molar-refractivity contribution in [3.8, 4) is 6.07 Å². The number of amides is 2. The fraction of sp³-hybridized carbons (Fsp3) is 0.318. The first kappa shape index (κ1) is 21.6. The highest BCUT2D eigenvalue weighted by molar-refractivity contribution is 6.40. The second-order valence-corrected chi connectivity index (χ2v) is 7.94. The lowest BCUT2D eigenvalue weighted by Gasteiger charge is -2.26. The van der Waals surface area contributed by atoms with Crippen molar-refractivity contribution in [1.82, 2.24) is 10.2 Å². The molecule has 2 amide bonds. The number of carbonyl (C=O) groups is 2. The highest BCUT2D eigenvalue weighted by Gasteiger charge is 2.22. The van der Waals surface area contributed by atoms with Crippen molar-refractivity contribution in [3.05, 3.63) is 58.1 Å².